The first-order chi connectivity index (χ1) is 17.7. The Morgan fingerprint density at radius 2 is 1.73 bits per heavy atom. The molecular formula is C29H33N5O3. The monoisotopic (exact) mass is 499 g/mol. The van der Waals surface area contributed by atoms with Crippen LogP contribution in [0.2, 0.25) is 0 Å². The third-order valence-corrected chi connectivity index (χ3v) is 6.95. The average molecular weight is 500 g/mol. The summed E-state index contributed by atoms with van der Waals surface area (Å²) in [6.45, 7) is 6.60. The summed E-state index contributed by atoms with van der Waals surface area (Å²) in [6, 6.07) is 13.3. The third kappa shape index (κ3) is 6.20. The zero-order valence-corrected chi connectivity index (χ0v) is 21.8. The summed E-state index contributed by atoms with van der Waals surface area (Å²) in [7, 11) is 1.75. The van der Waals surface area contributed by atoms with E-state index in [0.29, 0.717) is 42.9 Å². The van der Waals surface area contributed by atoms with Crippen molar-refractivity contribution >= 4 is 23.4 Å². The fourth-order valence-electron chi connectivity index (χ4n) is 4.58. The molecule has 1 atom stereocenters. The normalized spacial score (nSPS) is 14.6. The summed E-state index contributed by atoms with van der Waals surface area (Å²) in [5.41, 5.74) is 4.71. The lowest BCUT2D eigenvalue weighted by atomic mass is 9.94. The molecule has 1 N–H and O–H groups in total. The Kier molecular flexibility index (Phi) is 7.96. The Hall–Kier alpha value is -4.07. The molecule has 1 saturated heterocycles. The van der Waals surface area contributed by atoms with Crippen LogP contribution in [0.4, 0.5) is 5.69 Å². The quantitative estimate of drug-likeness (QED) is 0.549. The maximum Gasteiger partial charge on any atom is 0.251 e. The number of rotatable bonds is 6. The number of benzene rings is 2. The van der Waals surface area contributed by atoms with Crippen molar-refractivity contribution in [1.82, 2.24) is 20.2 Å². The van der Waals surface area contributed by atoms with E-state index in [1.54, 1.807) is 48.4 Å². The van der Waals surface area contributed by atoms with E-state index in [1.165, 1.54) is 0 Å². The molecule has 3 amide bonds. The molecular weight excluding hydrogens is 466 g/mol. The van der Waals surface area contributed by atoms with Gasteiger partial charge in [0.1, 0.15) is 0 Å². The van der Waals surface area contributed by atoms with E-state index in [2.05, 4.69) is 15.3 Å². The SMILES string of the molecule is CC(=O)N1CCC(C(=O)N(C)c2cc(C(=O)NC(C)c3cnccn3)cc(-c3ccc(C)cc3)c2)CC1. The molecule has 37 heavy (non-hydrogen) atoms. The van der Waals surface area contributed by atoms with Gasteiger partial charge in [0.25, 0.3) is 5.91 Å². The molecule has 0 saturated carbocycles. The zero-order valence-electron chi connectivity index (χ0n) is 21.8. The lowest BCUT2D eigenvalue weighted by Gasteiger charge is -2.32. The van der Waals surface area contributed by atoms with Gasteiger partial charge in [-0.1, -0.05) is 29.8 Å². The number of hydrogen-bond donors (Lipinski definition) is 1. The number of anilines is 1. The number of amides is 3. The summed E-state index contributed by atoms with van der Waals surface area (Å²) in [4.78, 5) is 50.2. The third-order valence-electron chi connectivity index (χ3n) is 6.95. The second-order valence-electron chi connectivity index (χ2n) is 9.64. The van der Waals surface area contributed by atoms with Gasteiger partial charge in [-0.25, -0.2) is 0 Å². The highest BCUT2D eigenvalue weighted by atomic mass is 16.2. The van der Waals surface area contributed by atoms with E-state index in [9.17, 15) is 14.4 Å². The Morgan fingerprint density at radius 3 is 2.35 bits per heavy atom. The molecule has 3 aromatic rings. The van der Waals surface area contributed by atoms with Crippen molar-refractivity contribution in [2.45, 2.75) is 39.7 Å². The molecule has 8 nitrogen and oxygen atoms in total. The topological polar surface area (TPSA) is 95.5 Å². The van der Waals surface area contributed by atoms with Crippen molar-refractivity contribution in [3.8, 4) is 11.1 Å². The van der Waals surface area contributed by atoms with Crippen LogP contribution in [0.3, 0.4) is 0 Å². The van der Waals surface area contributed by atoms with Crippen LogP contribution in [-0.2, 0) is 9.59 Å². The Bertz CT molecular complexity index is 1270. The summed E-state index contributed by atoms with van der Waals surface area (Å²) >= 11 is 0. The van der Waals surface area contributed by atoms with E-state index in [-0.39, 0.29) is 29.7 Å². The number of aromatic nitrogens is 2. The van der Waals surface area contributed by atoms with Gasteiger partial charge in [-0.3, -0.25) is 24.4 Å². The number of hydrogen-bond acceptors (Lipinski definition) is 5. The van der Waals surface area contributed by atoms with Crippen molar-refractivity contribution in [3.05, 3.63) is 77.9 Å². The molecule has 8 heteroatoms. The van der Waals surface area contributed by atoms with Gasteiger partial charge >= 0.3 is 0 Å². The lowest BCUT2D eigenvalue weighted by molar-refractivity contribution is -0.133. The number of nitrogens with zero attached hydrogens (tertiary/aromatic N) is 4. The highest BCUT2D eigenvalue weighted by molar-refractivity contribution is 6.00. The first kappa shape index (κ1) is 26.0. The first-order valence-electron chi connectivity index (χ1n) is 12.5. The summed E-state index contributed by atoms with van der Waals surface area (Å²) in [5.74, 6) is -0.401. The predicted molar refractivity (Wildman–Crippen MR) is 143 cm³/mol. The highest BCUT2D eigenvalue weighted by Crippen LogP contribution is 2.29. The fraction of sp³-hybridized carbons (Fsp3) is 0.345. The maximum absolute atomic E-state index is 13.4. The molecule has 192 valence electrons. The molecule has 1 unspecified atom stereocenters. The number of nitrogens with one attached hydrogen (secondary N) is 1. The van der Waals surface area contributed by atoms with Gasteiger partial charge in [0.2, 0.25) is 11.8 Å². The van der Waals surface area contributed by atoms with Gasteiger partial charge in [0, 0.05) is 56.6 Å². The molecule has 1 aromatic heterocycles. The van der Waals surface area contributed by atoms with Gasteiger partial charge < -0.3 is 15.1 Å². The molecule has 4 rings (SSSR count). The Labute approximate surface area is 217 Å². The number of piperidine rings is 1. The largest absolute Gasteiger partial charge is 0.344 e. The van der Waals surface area contributed by atoms with Crippen molar-refractivity contribution in [1.29, 1.82) is 0 Å². The van der Waals surface area contributed by atoms with E-state index in [4.69, 9.17) is 0 Å². The summed E-state index contributed by atoms with van der Waals surface area (Å²) in [5, 5.41) is 2.99. The van der Waals surface area contributed by atoms with Crippen LogP contribution in [0.1, 0.15) is 54.3 Å². The van der Waals surface area contributed by atoms with Crippen LogP contribution in [-0.4, -0.2) is 52.7 Å². The summed E-state index contributed by atoms with van der Waals surface area (Å²) < 4.78 is 0. The van der Waals surface area contributed by atoms with Crippen LogP contribution in [0.25, 0.3) is 11.1 Å². The number of aryl methyl sites for hydroxylation is 1. The maximum atomic E-state index is 13.4. The van der Waals surface area contributed by atoms with Crippen molar-refractivity contribution < 1.29 is 14.4 Å². The summed E-state index contributed by atoms with van der Waals surface area (Å²) in [6.07, 6.45) is 6.07. The standard InChI is InChI=1S/C29H33N5O3/c1-19-5-7-22(8-6-19)24-15-25(28(36)32-20(2)27-18-30-11-12-31-27)17-26(16-24)33(4)29(37)23-9-13-34(14-10-23)21(3)35/h5-8,11-12,15-18,20,23H,9-10,13-14H2,1-4H3,(H,32,36). The number of carbonyl (C=O) groups is 3. The van der Waals surface area contributed by atoms with Crippen LogP contribution in [0.5, 0.6) is 0 Å². The Balaban J connectivity index is 1.61. The lowest BCUT2D eigenvalue weighted by Crippen LogP contribution is -2.42. The second kappa shape index (κ2) is 11.3. The average Bonchev–Trinajstić information content (AvgIpc) is 2.92. The fourth-order valence-corrected chi connectivity index (χ4v) is 4.58. The van der Waals surface area contributed by atoms with E-state index < -0.39 is 0 Å². The molecule has 0 radical (unpaired) electrons. The molecule has 0 bridgehead atoms. The molecule has 0 spiro atoms. The zero-order chi connectivity index (χ0) is 26.5. The predicted octanol–water partition coefficient (Wildman–Crippen LogP) is 4.16. The van der Waals surface area contributed by atoms with Gasteiger partial charge in [-0.05, 0) is 56.0 Å². The molecule has 1 aliphatic rings. The second-order valence-corrected chi connectivity index (χ2v) is 9.64. The smallest absolute Gasteiger partial charge is 0.251 e. The Morgan fingerprint density at radius 1 is 1.03 bits per heavy atom. The molecule has 1 fully saturated rings. The minimum absolute atomic E-state index is 0.0106. The van der Waals surface area contributed by atoms with Gasteiger partial charge in [-0.15, -0.1) is 0 Å². The van der Waals surface area contributed by atoms with Crippen molar-refractivity contribution in [2.24, 2.45) is 5.92 Å². The molecule has 1 aliphatic heterocycles. The van der Waals surface area contributed by atoms with Crippen molar-refractivity contribution in [2.75, 3.05) is 25.0 Å². The van der Waals surface area contributed by atoms with Crippen LogP contribution in [0, 0.1) is 12.8 Å². The minimum Gasteiger partial charge on any atom is -0.344 e. The number of likely N-dealkylation sites (tertiary alicyclic amines) is 1. The van der Waals surface area contributed by atoms with Gasteiger partial charge in [-0.2, -0.15) is 0 Å². The van der Waals surface area contributed by atoms with Crippen LogP contribution < -0.4 is 10.2 Å². The van der Waals surface area contributed by atoms with Crippen LogP contribution in [0.15, 0.2) is 61.1 Å². The van der Waals surface area contributed by atoms with Crippen molar-refractivity contribution in [3.63, 3.8) is 0 Å². The van der Waals surface area contributed by atoms with E-state index in [1.807, 2.05) is 50.2 Å². The first-order valence-corrected chi connectivity index (χ1v) is 12.5. The number of carbonyl (C=O) groups excluding carboxylic acids is 3. The highest BCUT2D eigenvalue weighted by Gasteiger charge is 2.29. The van der Waals surface area contributed by atoms with Gasteiger partial charge in [0.15, 0.2) is 0 Å². The van der Waals surface area contributed by atoms with Crippen LogP contribution >= 0.6 is 0 Å². The van der Waals surface area contributed by atoms with Gasteiger partial charge in [0.05, 0.1) is 17.9 Å². The van der Waals surface area contributed by atoms with E-state index in [0.717, 1.165) is 16.7 Å². The molecule has 2 heterocycles. The minimum atomic E-state index is -0.335. The van der Waals surface area contributed by atoms with E-state index >= 15 is 0 Å². The molecule has 0 aliphatic carbocycles. The molecule has 2 aromatic carbocycles.